The van der Waals surface area contributed by atoms with E-state index in [0.717, 1.165) is 5.56 Å². The molecule has 6 nitrogen and oxygen atoms in total. The van der Waals surface area contributed by atoms with Crippen LogP contribution in [0.5, 0.6) is 5.75 Å². The van der Waals surface area contributed by atoms with E-state index in [1.165, 1.54) is 33.3 Å². The summed E-state index contributed by atoms with van der Waals surface area (Å²) < 4.78 is 15.6. The Balaban J connectivity index is 2.59. The van der Waals surface area contributed by atoms with E-state index < -0.39 is 23.3 Å². The molecule has 2 rings (SSSR count). The van der Waals surface area contributed by atoms with Crippen molar-refractivity contribution in [1.29, 1.82) is 0 Å². The summed E-state index contributed by atoms with van der Waals surface area (Å²) >= 11 is 0. The maximum atomic E-state index is 12.8. The molecule has 0 fully saturated rings. The summed E-state index contributed by atoms with van der Waals surface area (Å²) in [6, 6.07) is 13.8. The number of esters is 2. The fraction of sp³-hybridized carbons (Fsp3) is 0.320. The van der Waals surface area contributed by atoms with Crippen molar-refractivity contribution in [3.05, 3.63) is 77.4 Å². The molecule has 164 valence electrons. The fourth-order valence-corrected chi connectivity index (χ4v) is 3.14. The maximum Gasteiger partial charge on any atom is 0.359 e. The van der Waals surface area contributed by atoms with Crippen molar-refractivity contribution in [3.63, 3.8) is 0 Å². The predicted molar refractivity (Wildman–Crippen MR) is 117 cm³/mol. The number of rotatable bonds is 7. The molecule has 0 radical (unpaired) electrons. The van der Waals surface area contributed by atoms with Crippen molar-refractivity contribution >= 4 is 17.7 Å². The topological polar surface area (TPSA) is 78.9 Å². The van der Waals surface area contributed by atoms with E-state index in [9.17, 15) is 14.4 Å². The Bertz CT molecular complexity index is 982. The molecule has 0 N–H and O–H groups in total. The van der Waals surface area contributed by atoms with Gasteiger partial charge in [0.15, 0.2) is 5.78 Å². The third-order valence-corrected chi connectivity index (χ3v) is 4.81. The third kappa shape index (κ3) is 5.40. The van der Waals surface area contributed by atoms with E-state index in [1.807, 2.05) is 12.1 Å². The van der Waals surface area contributed by atoms with Gasteiger partial charge < -0.3 is 14.2 Å². The van der Waals surface area contributed by atoms with Gasteiger partial charge in [-0.25, -0.2) is 4.79 Å². The average Bonchev–Trinajstić information content (AvgIpc) is 2.75. The first-order valence-electron chi connectivity index (χ1n) is 9.80. The van der Waals surface area contributed by atoms with Gasteiger partial charge in [0.25, 0.3) is 5.60 Å². The number of para-hydroxylation sites is 1. The van der Waals surface area contributed by atoms with Crippen molar-refractivity contribution < 1.29 is 28.6 Å². The van der Waals surface area contributed by atoms with Gasteiger partial charge in [-0.1, -0.05) is 57.2 Å². The van der Waals surface area contributed by atoms with Gasteiger partial charge in [0, 0.05) is 12.5 Å². The van der Waals surface area contributed by atoms with Gasteiger partial charge in [-0.05, 0) is 35.3 Å². The monoisotopic (exact) mass is 424 g/mol. The third-order valence-electron chi connectivity index (χ3n) is 4.81. The summed E-state index contributed by atoms with van der Waals surface area (Å²) in [4.78, 5) is 37.6. The first kappa shape index (κ1) is 23.9. The van der Waals surface area contributed by atoms with Gasteiger partial charge in [0.2, 0.25) is 0 Å². The van der Waals surface area contributed by atoms with Crippen LogP contribution in [0.2, 0.25) is 0 Å². The zero-order valence-corrected chi connectivity index (χ0v) is 18.7. The maximum absolute atomic E-state index is 12.8. The number of benzene rings is 2. The molecule has 6 heteroatoms. The molecule has 31 heavy (non-hydrogen) atoms. The van der Waals surface area contributed by atoms with E-state index in [2.05, 4.69) is 20.8 Å². The van der Waals surface area contributed by atoms with E-state index >= 15 is 0 Å². The lowest BCUT2D eigenvalue weighted by molar-refractivity contribution is -0.174. The van der Waals surface area contributed by atoms with E-state index in [1.54, 1.807) is 36.4 Å². The Morgan fingerprint density at radius 1 is 0.871 bits per heavy atom. The predicted octanol–water partition coefficient (Wildman–Crippen LogP) is 4.36. The minimum Gasteiger partial charge on any atom is -0.496 e. The number of carbonyl (C=O) groups is 3. The standard InChI is InChI=1S/C25H28O6/c1-17(26)31-25(23(28)30-6,19-13-11-18(12-14-19)24(2,3)4)16-15-21(27)20-9-7-8-10-22(20)29-5/h7-16H,1-6H3/b16-15+. The van der Waals surface area contributed by atoms with Crippen LogP contribution in [0.3, 0.4) is 0 Å². The van der Waals surface area contributed by atoms with Crippen molar-refractivity contribution in [3.8, 4) is 5.75 Å². The van der Waals surface area contributed by atoms with Crippen LogP contribution in [0.4, 0.5) is 0 Å². The highest BCUT2D eigenvalue weighted by atomic mass is 16.6. The minimum atomic E-state index is -1.91. The second-order valence-corrected chi connectivity index (χ2v) is 8.05. The Kier molecular flexibility index (Phi) is 7.39. The first-order valence-corrected chi connectivity index (χ1v) is 9.80. The molecule has 0 aliphatic rings. The molecule has 0 aromatic heterocycles. The largest absolute Gasteiger partial charge is 0.496 e. The molecule has 0 aliphatic carbocycles. The molecule has 2 aromatic rings. The number of hydrogen-bond donors (Lipinski definition) is 0. The molecule has 1 unspecified atom stereocenters. The number of methoxy groups -OCH3 is 2. The number of hydrogen-bond acceptors (Lipinski definition) is 6. The van der Waals surface area contributed by atoms with Crippen LogP contribution in [0, 0.1) is 0 Å². The number of ether oxygens (including phenoxy) is 3. The summed E-state index contributed by atoms with van der Waals surface area (Å²) in [6.07, 6.45) is 2.44. The second kappa shape index (κ2) is 9.60. The Hall–Kier alpha value is -3.41. The lowest BCUT2D eigenvalue weighted by Crippen LogP contribution is -2.39. The summed E-state index contributed by atoms with van der Waals surface area (Å²) in [5.74, 6) is -1.54. The van der Waals surface area contributed by atoms with E-state index in [4.69, 9.17) is 14.2 Å². The van der Waals surface area contributed by atoms with Crippen LogP contribution in [-0.4, -0.2) is 31.9 Å². The van der Waals surface area contributed by atoms with Crippen molar-refractivity contribution in [2.24, 2.45) is 0 Å². The molecular formula is C25H28O6. The number of carbonyl (C=O) groups excluding carboxylic acids is 3. The van der Waals surface area contributed by atoms with Crippen molar-refractivity contribution in [1.82, 2.24) is 0 Å². The quantitative estimate of drug-likeness (QED) is 0.373. The Morgan fingerprint density at radius 2 is 1.45 bits per heavy atom. The van der Waals surface area contributed by atoms with Crippen LogP contribution in [0.1, 0.15) is 49.2 Å². The lowest BCUT2D eigenvalue weighted by atomic mass is 9.84. The molecule has 0 saturated heterocycles. The fourth-order valence-electron chi connectivity index (χ4n) is 3.14. The normalized spacial score (nSPS) is 13.4. The van der Waals surface area contributed by atoms with Gasteiger partial charge in [-0.15, -0.1) is 0 Å². The van der Waals surface area contributed by atoms with Crippen molar-refractivity contribution in [2.45, 2.75) is 38.7 Å². The molecular weight excluding hydrogens is 396 g/mol. The molecule has 0 heterocycles. The van der Waals surface area contributed by atoms with Crippen molar-refractivity contribution in [2.75, 3.05) is 14.2 Å². The van der Waals surface area contributed by atoms with Crippen LogP contribution in [0.25, 0.3) is 0 Å². The minimum absolute atomic E-state index is 0.108. The van der Waals surface area contributed by atoms with Crippen LogP contribution in [0.15, 0.2) is 60.7 Å². The highest BCUT2D eigenvalue weighted by Crippen LogP contribution is 2.32. The van der Waals surface area contributed by atoms with Gasteiger partial charge in [0.1, 0.15) is 5.75 Å². The average molecular weight is 424 g/mol. The van der Waals surface area contributed by atoms with Gasteiger partial charge in [-0.3, -0.25) is 9.59 Å². The zero-order chi connectivity index (χ0) is 23.2. The molecule has 0 amide bonds. The lowest BCUT2D eigenvalue weighted by Gasteiger charge is -2.28. The van der Waals surface area contributed by atoms with Gasteiger partial charge >= 0.3 is 11.9 Å². The molecule has 0 bridgehead atoms. The molecule has 0 saturated carbocycles. The second-order valence-electron chi connectivity index (χ2n) is 8.05. The molecule has 2 aromatic carbocycles. The highest BCUT2D eigenvalue weighted by Gasteiger charge is 2.43. The summed E-state index contributed by atoms with van der Waals surface area (Å²) in [5.41, 5.74) is -0.303. The number of ketones is 1. The summed E-state index contributed by atoms with van der Waals surface area (Å²) in [6.45, 7) is 7.38. The van der Waals surface area contributed by atoms with Gasteiger partial charge in [0.05, 0.1) is 19.8 Å². The van der Waals surface area contributed by atoms with Crippen LogP contribution in [-0.2, 0) is 30.1 Å². The molecule has 1 atom stereocenters. The Morgan fingerprint density at radius 3 is 1.97 bits per heavy atom. The van der Waals surface area contributed by atoms with E-state index in [0.29, 0.717) is 16.9 Å². The highest BCUT2D eigenvalue weighted by molar-refractivity contribution is 6.07. The zero-order valence-electron chi connectivity index (χ0n) is 18.7. The van der Waals surface area contributed by atoms with E-state index in [-0.39, 0.29) is 5.41 Å². The number of allylic oxidation sites excluding steroid dienone is 1. The first-order chi connectivity index (χ1) is 14.5. The summed E-state index contributed by atoms with van der Waals surface area (Å²) in [7, 11) is 2.66. The van der Waals surface area contributed by atoms with Gasteiger partial charge in [-0.2, -0.15) is 0 Å². The van der Waals surface area contributed by atoms with Crippen LogP contribution >= 0.6 is 0 Å². The van der Waals surface area contributed by atoms with Crippen LogP contribution < -0.4 is 4.74 Å². The smallest absolute Gasteiger partial charge is 0.359 e. The summed E-state index contributed by atoms with van der Waals surface area (Å²) in [5, 5.41) is 0. The SMILES string of the molecule is COC(=O)C(/C=C/C(=O)c1ccccc1OC)(OC(C)=O)c1ccc(C(C)(C)C)cc1. The molecule has 0 spiro atoms. The molecule has 0 aliphatic heterocycles. The Labute approximate surface area is 182 Å².